The lowest BCUT2D eigenvalue weighted by atomic mass is 10.0. The Kier molecular flexibility index (Phi) is 6.46. The first kappa shape index (κ1) is 19.6. The smallest absolute Gasteiger partial charge is 0.407 e. The number of carbonyl (C=O) groups is 1. The minimum absolute atomic E-state index is 0.404. The molecule has 0 radical (unpaired) electrons. The van der Waals surface area contributed by atoms with Gasteiger partial charge >= 0.3 is 6.09 Å². The molecule has 0 heterocycles. The maximum Gasteiger partial charge on any atom is 0.407 e. The van der Waals surface area contributed by atoms with E-state index in [1.165, 1.54) is 22.3 Å². The third-order valence-electron chi connectivity index (χ3n) is 3.86. The van der Waals surface area contributed by atoms with Crippen LogP contribution in [0.25, 0.3) is 5.57 Å². The molecule has 0 atom stereocenters. The van der Waals surface area contributed by atoms with Crippen molar-refractivity contribution in [1.29, 1.82) is 0 Å². The van der Waals surface area contributed by atoms with Gasteiger partial charge in [-0.05, 0) is 62.9 Å². The van der Waals surface area contributed by atoms with Crippen molar-refractivity contribution in [3.63, 3.8) is 0 Å². The number of amides is 1. The van der Waals surface area contributed by atoms with E-state index in [2.05, 4.69) is 48.9 Å². The molecule has 0 aliphatic heterocycles. The number of ether oxygens (including phenoxy) is 1. The summed E-state index contributed by atoms with van der Waals surface area (Å²) >= 11 is 0. The second-order valence-corrected chi connectivity index (χ2v) is 7.32. The molecule has 0 fully saturated rings. The van der Waals surface area contributed by atoms with Crippen LogP contribution < -0.4 is 5.32 Å². The lowest BCUT2D eigenvalue weighted by Crippen LogP contribution is -2.32. The number of hydrogen-bond donors (Lipinski definition) is 1. The second-order valence-electron chi connectivity index (χ2n) is 7.32. The lowest BCUT2D eigenvalue weighted by molar-refractivity contribution is 0.0529. The van der Waals surface area contributed by atoms with Gasteiger partial charge in [0.2, 0.25) is 0 Å². The summed E-state index contributed by atoms with van der Waals surface area (Å²) in [4.78, 5) is 11.6. The van der Waals surface area contributed by atoms with E-state index in [-0.39, 0.29) is 0 Å². The quantitative estimate of drug-likeness (QED) is 0.471. The number of hydrogen-bond acceptors (Lipinski definition) is 2. The predicted octanol–water partition coefficient (Wildman–Crippen LogP) is 5.02. The highest BCUT2D eigenvalue weighted by Crippen LogP contribution is 2.34. The molecule has 136 valence electrons. The van der Waals surface area contributed by atoms with Crippen molar-refractivity contribution in [3.8, 4) is 11.8 Å². The first-order valence-electron chi connectivity index (χ1n) is 8.88. The zero-order chi connectivity index (χ0) is 19.2. The topological polar surface area (TPSA) is 38.3 Å². The highest BCUT2D eigenvalue weighted by Gasteiger charge is 2.17. The van der Waals surface area contributed by atoms with E-state index in [1.54, 1.807) is 6.08 Å². The molecule has 3 heteroatoms. The summed E-state index contributed by atoms with van der Waals surface area (Å²) in [6.07, 6.45) is 7.02. The minimum Gasteiger partial charge on any atom is -0.444 e. The Bertz CT molecular complexity index is 811. The molecular weight excluding hydrogens is 322 g/mol. The molecular formula is C23H27NO2. The zero-order valence-corrected chi connectivity index (χ0v) is 16.1. The highest BCUT2D eigenvalue weighted by molar-refractivity contribution is 5.83. The molecule has 0 bridgehead atoms. The average molecular weight is 349 g/mol. The third kappa shape index (κ3) is 5.67. The number of rotatable bonds is 4. The van der Waals surface area contributed by atoms with E-state index in [1.807, 2.05) is 32.9 Å². The number of allylic oxidation sites excluding steroid dienone is 5. The normalized spacial score (nSPS) is 13.2. The molecule has 0 unspecified atom stereocenters. The third-order valence-corrected chi connectivity index (χ3v) is 3.86. The van der Waals surface area contributed by atoms with Crippen molar-refractivity contribution in [2.45, 2.75) is 46.1 Å². The van der Waals surface area contributed by atoms with Crippen LogP contribution in [0.15, 0.2) is 48.6 Å². The van der Waals surface area contributed by atoms with Crippen molar-refractivity contribution in [2.75, 3.05) is 6.54 Å². The van der Waals surface area contributed by atoms with Crippen molar-refractivity contribution in [1.82, 2.24) is 5.32 Å². The predicted molar refractivity (Wildman–Crippen MR) is 108 cm³/mol. The molecule has 1 aliphatic carbocycles. The van der Waals surface area contributed by atoms with Gasteiger partial charge in [0.05, 0.1) is 0 Å². The summed E-state index contributed by atoms with van der Waals surface area (Å²) < 4.78 is 5.19. The molecule has 3 nitrogen and oxygen atoms in total. The van der Waals surface area contributed by atoms with Crippen molar-refractivity contribution < 1.29 is 9.53 Å². The second kappa shape index (κ2) is 8.58. The largest absolute Gasteiger partial charge is 0.444 e. The molecule has 1 N–H and O–H groups in total. The van der Waals surface area contributed by atoms with Gasteiger partial charge in [0, 0.05) is 18.5 Å². The summed E-state index contributed by atoms with van der Waals surface area (Å²) in [5.74, 6) is 6.28. The summed E-state index contributed by atoms with van der Waals surface area (Å²) in [6.45, 7) is 11.9. The molecule has 0 spiro atoms. The summed E-state index contributed by atoms with van der Waals surface area (Å²) in [6, 6.07) is 6.34. The van der Waals surface area contributed by atoms with Crippen molar-refractivity contribution in [3.05, 3.63) is 65.3 Å². The van der Waals surface area contributed by atoms with Gasteiger partial charge in [-0.15, -0.1) is 0 Å². The summed E-state index contributed by atoms with van der Waals surface area (Å²) in [5.41, 5.74) is 5.75. The van der Waals surface area contributed by atoms with E-state index in [0.717, 1.165) is 12.0 Å². The molecule has 1 amide bonds. The van der Waals surface area contributed by atoms with Crippen LogP contribution in [0.1, 0.15) is 50.8 Å². The Morgan fingerprint density at radius 1 is 1.38 bits per heavy atom. The van der Waals surface area contributed by atoms with Crippen LogP contribution in [-0.4, -0.2) is 18.2 Å². The molecule has 26 heavy (non-hydrogen) atoms. The van der Waals surface area contributed by atoms with Gasteiger partial charge in [-0.3, -0.25) is 0 Å². The highest BCUT2D eigenvalue weighted by atomic mass is 16.6. The van der Waals surface area contributed by atoms with Gasteiger partial charge < -0.3 is 10.1 Å². The molecule has 1 aromatic carbocycles. The Labute approximate surface area is 156 Å². The first-order chi connectivity index (χ1) is 12.3. The van der Waals surface area contributed by atoms with Crippen LogP contribution in [0.4, 0.5) is 4.79 Å². The molecule has 0 saturated heterocycles. The summed E-state index contributed by atoms with van der Waals surface area (Å²) in [5, 5.41) is 2.71. The Balaban J connectivity index is 1.91. The Morgan fingerprint density at radius 2 is 2.15 bits per heavy atom. The van der Waals surface area contributed by atoms with Crippen molar-refractivity contribution >= 4 is 11.7 Å². The van der Waals surface area contributed by atoms with E-state index >= 15 is 0 Å². The maximum absolute atomic E-state index is 11.6. The average Bonchev–Trinajstić information content (AvgIpc) is 2.85. The maximum atomic E-state index is 11.6. The lowest BCUT2D eigenvalue weighted by Gasteiger charge is -2.19. The fourth-order valence-electron chi connectivity index (χ4n) is 2.79. The number of benzene rings is 1. The van der Waals surface area contributed by atoms with Crippen LogP contribution in [0.3, 0.4) is 0 Å². The number of fused-ring (bicyclic) bond motifs is 1. The first-order valence-corrected chi connectivity index (χ1v) is 8.88. The number of alkyl carbamates (subject to hydrolysis) is 1. The van der Waals surface area contributed by atoms with Gasteiger partial charge in [0.15, 0.2) is 0 Å². The zero-order valence-electron chi connectivity index (χ0n) is 16.1. The minimum atomic E-state index is -0.480. The fourth-order valence-corrected chi connectivity index (χ4v) is 2.79. The SMILES string of the molecule is C=C/C=C\C1=C(C)Cc2cc(C#CCCNC(=O)OC(C)(C)C)ccc21. The summed E-state index contributed by atoms with van der Waals surface area (Å²) in [7, 11) is 0. The number of carbonyl (C=O) groups excluding carboxylic acids is 1. The standard InChI is InChI=1S/C23H27NO2/c1-6-7-11-20-17(2)15-19-16-18(12-13-21(19)20)10-8-9-14-24-22(25)26-23(3,4)5/h6-7,11-13,16H,1,9,14-15H2,2-5H3,(H,24,25)/b11-7-. The van der Waals surface area contributed by atoms with Crippen LogP contribution in [-0.2, 0) is 11.2 Å². The molecule has 0 saturated carbocycles. The molecule has 1 aromatic rings. The number of nitrogens with one attached hydrogen (secondary N) is 1. The molecule has 0 aromatic heterocycles. The van der Waals surface area contributed by atoms with Crippen molar-refractivity contribution in [2.24, 2.45) is 0 Å². The fraction of sp³-hybridized carbons (Fsp3) is 0.348. The van der Waals surface area contributed by atoms with Crippen LogP contribution in [0.5, 0.6) is 0 Å². The van der Waals surface area contributed by atoms with Crippen LogP contribution in [0.2, 0.25) is 0 Å². The van der Waals surface area contributed by atoms with Gasteiger partial charge in [0.1, 0.15) is 5.60 Å². The van der Waals surface area contributed by atoms with Crippen LogP contribution >= 0.6 is 0 Å². The van der Waals surface area contributed by atoms with E-state index in [4.69, 9.17) is 4.74 Å². The van der Waals surface area contributed by atoms with E-state index in [9.17, 15) is 4.79 Å². The van der Waals surface area contributed by atoms with Crippen LogP contribution in [0, 0.1) is 11.8 Å². The monoisotopic (exact) mass is 349 g/mol. The Morgan fingerprint density at radius 3 is 2.85 bits per heavy atom. The van der Waals surface area contributed by atoms with E-state index < -0.39 is 11.7 Å². The molecule has 2 rings (SSSR count). The van der Waals surface area contributed by atoms with Gasteiger partial charge in [-0.1, -0.05) is 48.3 Å². The van der Waals surface area contributed by atoms with E-state index in [0.29, 0.717) is 13.0 Å². The van der Waals surface area contributed by atoms with Gasteiger partial charge in [-0.2, -0.15) is 0 Å². The van der Waals surface area contributed by atoms with Gasteiger partial charge in [0.25, 0.3) is 0 Å². The van der Waals surface area contributed by atoms with Gasteiger partial charge in [-0.25, -0.2) is 4.79 Å². The Hall–Kier alpha value is -2.73. The molecule has 1 aliphatic rings.